The normalized spacial score (nSPS) is 12.1. The quantitative estimate of drug-likeness (QED) is 0.181. The van der Waals surface area contributed by atoms with E-state index in [1.807, 2.05) is 12.1 Å². The summed E-state index contributed by atoms with van der Waals surface area (Å²) in [5.41, 5.74) is 3.22. The van der Waals surface area contributed by atoms with E-state index in [2.05, 4.69) is 26.8 Å². The topological polar surface area (TPSA) is 35.5 Å². The van der Waals surface area contributed by atoms with Crippen molar-refractivity contribution in [2.45, 2.75) is 117 Å². The van der Waals surface area contributed by atoms with Gasteiger partial charge in [-0.05, 0) is 61.8 Å². The zero-order valence-corrected chi connectivity index (χ0v) is 20.1. The van der Waals surface area contributed by atoms with E-state index in [0.717, 1.165) is 51.4 Å². The molecule has 0 aliphatic carbocycles. The van der Waals surface area contributed by atoms with Gasteiger partial charge in [0.15, 0.2) is 0 Å². The van der Waals surface area contributed by atoms with E-state index in [4.69, 9.17) is 9.47 Å². The maximum Gasteiger partial charge on any atom is 0.338 e. The molecule has 0 saturated carbocycles. The fourth-order valence-corrected chi connectivity index (χ4v) is 3.84. The van der Waals surface area contributed by atoms with Crippen molar-refractivity contribution in [3.8, 4) is 0 Å². The van der Waals surface area contributed by atoms with Gasteiger partial charge in [-0.3, -0.25) is 0 Å². The van der Waals surface area contributed by atoms with Gasteiger partial charge in [-0.1, -0.05) is 78.2 Å². The van der Waals surface area contributed by atoms with E-state index in [1.54, 1.807) is 7.11 Å². The molecule has 30 heavy (non-hydrogen) atoms. The van der Waals surface area contributed by atoms with E-state index < -0.39 is 0 Å². The number of benzene rings is 1. The SMILES string of the molecule is CCCCCCCCCC(COC)OC(=O)c1cc(CCCC)cc(CCCC)c1. The minimum Gasteiger partial charge on any atom is -0.456 e. The van der Waals surface area contributed by atoms with Gasteiger partial charge in [0, 0.05) is 7.11 Å². The molecular formula is C27H46O3. The van der Waals surface area contributed by atoms with Crippen LogP contribution in [0.25, 0.3) is 0 Å². The molecule has 0 bridgehead atoms. The van der Waals surface area contributed by atoms with Crippen LogP contribution in [0.4, 0.5) is 0 Å². The van der Waals surface area contributed by atoms with Gasteiger partial charge in [-0.25, -0.2) is 4.79 Å². The van der Waals surface area contributed by atoms with Crippen LogP contribution in [0.1, 0.15) is 119 Å². The van der Waals surface area contributed by atoms with Crippen molar-refractivity contribution in [2.24, 2.45) is 0 Å². The number of aryl methyl sites for hydroxylation is 2. The third kappa shape index (κ3) is 11.7. The Kier molecular flexibility index (Phi) is 15.4. The lowest BCUT2D eigenvalue weighted by atomic mass is 9.98. The molecular weight excluding hydrogens is 372 g/mol. The van der Waals surface area contributed by atoms with Crippen molar-refractivity contribution in [1.29, 1.82) is 0 Å². The summed E-state index contributed by atoms with van der Waals surface area (Å²) in [6.45, 7) is 7.13. The molecule has 0 N–H and O–H groups in total. The average molecular weight is 419 g/mol. The van der Waals surface area contributed by atoms with Crippen LogP contribution in [-0.4, -0.2) is 25.8 Å². The first-order valence-corrected chi connectivity index (χ1v) is 12.5. The second-order valence-corrected chi connectivity index (χ2v) is 8.64. The predicted octanol–water partition coefficient (Wildman–Crippen LogP) is 7.68. The summed E-state index contributed by atoms with van der Waals surface area (Å²) in [5.74, 6) is -0.198. The van der Waals surface area contributed by atoms with Crippen LogP contribution in [0, 0.1) is 0 Å². The third-order valence-corrected chi connectivity index (χ3v) is 5.68. The lowest BCUT2D eigenvalue weighted by molar-refractivity contribution is 0.00235. The number of ether oxygens (including phenoxy) is 2. The summed E-state index contributed by atoms with van der Waals surface area (Å²) < 4.78 is 11.2. The largest absolute Gasteiger partial charge is 0.456 e. The van der Waals surface area contributed by atoms with Crippen LogP contribution >= 0.6 is 0 Å². The van der Waals surface area contributed by atoms with Gasteiger partial charge in [0.25, 0.3) is 0 Å². The number of unbranched alkanes of at least 4 members (excludes halogenated alkanes) is 8. The highest BCUT2D eigenvalue weighted by molar-refractivity contribution is 5.90. The van der Waals surface area contributed by atoms with E-state index >= 15 is 0 Å². The zero-order chi connectivity index (χ0) is 22.0. The fraction of sp³-hybridized carbons (Fsp3) is 0.741. The maximum absolute atomic E-state index is 12.9. The number of esters is 1. The van der Waals surface area contributed by atoms with E-state index in [-0.39, 0.29) is 12.1 Å². The summed E-state index contributed by atoms with van der Waals surface area (Å²) in [6.07, 6.45) is 16.2. The number of hydrogen-bond acceptors (Lipinski definition) is 3. The molecule has 1 rings (SSSR count). The molecule has 0 radical (unpaired) electrons. The molecule has 0 spiro atoms. The van der Waals surface area contributed by atoms with Gasteiger partial charge in [0.1, 0.15) is 6.10 Å². The number of rotatable bonds is 18. The van der Waals surface area contributed by atoms with Crippen molar-refractivity contribution in [2.75, 3.05) is 13.7 Å². The first-order chi connectivity index (χ1) is 14.6. The molecule has 1 unspecified atom stereocenters. The van der Waals surface area contributed by atoms with Crippen LogP contribution in [0.15, 0.2) is 18.2 Å². The smallest absolute Gasteiger partial charge is 0.338 e. The second-order valence-electron chi connectivity index (χ2n) is 8.64. The monoisotopic (exact) mass is 418 g/mol. The summed E-state index contributed by atoms with van der Waals surface area (Å²) in [6, 6.07) is 6.34. The second kappa shape index (κ2) is 17.3. The van der Waals surface area contributed by atoms with Crippen molar-refractivity contribution in [3.05, 3.63) is 34.9 Å². The lowest BCUT2D eigenvalue weighted by Crippen LogP contribution is -2.23. The van der Waals surface area contributed by atoms with Crippen LogP contribution in [-0.2, 0) is 22.3 Å². The predicted molar refractivity (Wildman–Crippen MR) is 127 cm³/mol. The molecule has 0 aliphatic rings. The molecule has 1 atom stereocenters. The zero-order valence-electron chi connectivity index (χ0n) is 20.1. The molecule has 3 heteroatoms. The molecule has 3 nitrogen and oxygen atoms in total. The number of methoxy groups -OCH3 is 1. The highest BCUT2D eigenvalue weighted by atomic mass is 16.6. The van der Waals surface area contributed by atoms with Gasteiger partial charge >= 0.3 is 5.97 Å². The number of carbonyl (C=O) groups excluding carboxylic acids is 1. The van der Waals surface area contributed by atoms with Crippen LogP contribution in [0.3, 0.4) is 0 Å². The highest BCUT2D eigenvalue weighted by Crippen LogP contribution is 2.18. The molecule has 0 fully saturated rings. The first kappa shape index (κ1) is 26.7. The van der Waals surface area contributed by atoms with Crippen LogP contribution in [0.5, 0.6) is 0 Å². The Bertz CT molecular complexity index is 541. The summed E-state index contributed by atoms with van der Waals surface area (Å²) in [7, 11) is 1.68. The van der Waals surface area contributed by atoms with Gasteiger partial charge in [-0.2, -0.15) is 0 Å². The Balaban J connectivity index is 2.65. The summed E-state index contributed by atoms with van der Waals surface area (Å²) >= 11 is 0. The molecule has 172 valence electrons. The Hall–Kier alpha value is -1.35. The van der Waals surface area contributed by atoms with Gasteiger partial charge in [0.2, 0.25) is 0 Å². The van der Waals surface area contributed by atoms with Gasteiger partial charge in [0.05, 0.1) is 12.2 Å². The maximum atomic E-state index is 12.9. The third-order valence-electron chi connectivity index (χ3n) is 5.68. The molecule has 1 aromatic rings. The Morgan fingerprint density at radius 2 is 1.30 bits per heavy atom. The van der Waals surface area contributed by atoms with Crippen LogP contribution in [0.2, 0.25) is 0 Å². The Morgan fingerprint density at radius 1 is 0.767 bits per heavy atom. The minimum absolute atomic E-state index is 0.156. The molecule has 0 aliphatic heterocycles. The van der Waals surface area contributed by atoms with E-state index in [0.29, 0.717) is 12.2 Å². The van der Waals surface area contributed by atoms with E-state index in [1.165, 1.54) is 49.7 Å². The van der Waals surface area contributed by atoms with Crippen molar-refractivity contribution < 1.29 is 14.3 Å². The molecule has 0 amide bonds. The van der Waals surface area contributed by atoms with Crippen molar-refractivity contribution in [3.63, 3.8) is 0 Å². The minimum atomic E-state index is -0.198. The molecule has 0 saturated heterocycles. The van der Waals surface area contributed by atoms with Gasteiger partial charge in [-0.15, -0.1) is 0 Å². The Morgan fingerprint density at radius 3 is 1.83 bits per heavy atom. The van der Waals surface area contributed by atoms with Crippen molar-refractivity contribution in [1.82, 2.24) is 0 Å². The van der Waals surface area contributed by atoms with Gasteiger partial charge < -0.3 is 9.47 Å². The first-order valence-electron chi connectivity index (χ1n) is 12.5. The summed E-state index contributed by atoms with van der Waals surface area (Å²) in [5, 5.41) is 0. The highest BCUT2D eigenvalue weighted by Gasteiger charge is 2.17. The van der Waals surface area contributed by atoms with Crippen molar-refractivity contribution >= 4 is 5.97 Å². The lowest BCUT2D eigenvalue weighted by Gasteiger charge is -2.18. The standard InChI is InChI=1S/C27H46O3/c1-5-8-11-12-13-14-15-18-26(22-29-4)30-27(28)25-20-23(16-9-6-2)19-24(21-25)17-10-7-3/h19-21,26H,5-18,22H2,1-4H3. The fourth-order valence-electron chi connectivity index (χ4n) is 3.84. The summed E-state index contributed by atoms with van der Waals surface area (Å²) in [4.78, 5) is 12.9. The molecule has 0 heterocycles. The number of hydrogen-bond donors (Lipinski definition) is 0. The van der Waals surface area contributed by atoms with E-state index in [9.17, 15) is 4.79 Å². The molecule has 0 aromatic heterocycles. The average Bonchev–Trinajstić information content (AvgIpc) is 2.75. The molecule has 1 aromatic carbocycles. The number of carbonyl (C=O) groups is 1. The van der Waals surface area contributed by atoms with Crippen LogP contribution < -0.4 is 0 Å². The Labute approximate surface area is 185 Å².